The van der Waals surface area contributed by atoms with Gasteiger partial charge < -0.3 is 15.4 Å². The maximum atomic E-state index is 13.7. The Balaban J connectivity index is 1.74. The highest BCUT2D eigenvalue weighted by molar-refractivity contribution is 7.89. The molecule has 0 saturated carbocycles. The lowest BCUT2D eigenvalue weighted by atomic mass is 10.1. The summed E-state index contributed by atoms with van der Waals surface area (Å²) in [4.78, 5) is 37.0. The van der Waals surface area contributed by atoms with Crippen molar-refractivity contribution < 1.29 is 31.9 Å². The second-order valence-corrected chi connectivity index (χ2v) is 9.44. The molecule has 3 aromatic rings. The highest BCUT2D eigenvalue weighted by Gasteiger charge is 2.21. The zero-order valence-corrected chi connectivity index (χ0v) is 19.5. The van der Waals surface area contributed by atoms with Gasteiger partial charge in [0.05, 0.1) is 18.7 Å². The number of carbonyl (C=O) groups excluding carboxylic acids is 3. The van der Waals surface area contributed by atoms with Gasteiger partial charge in [-0.2, -0.15) is 0 Å². The number of ether oxygens (including phenoxy) is 1. The fraction of sp³-hybridized carbons (Fsp3) is 0.136. The molecule has 0 bridgehead atoms. The highest BCUT2D eigenvalue weighted by Crippen LogP contribution is 2.35. The minimum absolute atomic E-state index is 0.150. The molecule has 1 heterocycles. The molecule has 2 aromatic carbocycles. The Hall–Kier alpha value is -3.61. The number of benzene rings is 2. The van der Waals surface area contributed by atoms with Crippen LogP contribution in [0.4, 0.5) is 9.39 Å². The van der Waals surface area contributed by atoms with Gasteiger partial charge in [0.15, 0.2) is 0 Å². The molecule has 9 nitrogen and oxygen atoms in total. The number of halogens is 1. The minimum Gasteiger partial charge on any atom is -0.462 e. The Morgan fingerprint density at radius 1 is 1.09 bits per heavy atom. The van der Waals surface area contributed by atoms with Crippen LogP contribution in [0.3, 0.4) is 0 Å². The molecule has 4 N–H and O–H groups in total. The number of hydrogen-bond donors (Lipinski definition) is 3. The number of anilines is 1. The van der Waals surface area contributed by atoms with Crippen molar-refractivity contribution >= 4 is 44.1 Å². The van der Waals surface area contributed by atoms with Gasteiger partial charge in [-0.15, -0.1) is 11.3 Å². The maximum absolute atomic E-state index is 13.7. The Bertz CT molecular complexity index is 1340. The van der Waals surface area contributed by atoms with Gasteiger partial charge in [0, 0.05) is 10.4 Å². The van der Waals surface area contributed by atoms with Crippen molar-refractivity contribution in [2.75, 3.05) is 18.5 Å². The number of nitrogens with one attached hydrogen (secondary N) is 2. The van der Waals surface area contributed by atoms with E-state index >= 15 is 0 Å². The smallest absolute Gasteiger partial charge is 0.341 e. The van der Waals surface area contributed by atoms with Crippen molar-refractivity contribution in [2.45, 2.75) is 11.8 Å². The molecular weight excluding hydrogens is 485 g/mol. The molecule has 0 spiro atoms. The first-order chi connectivity index (χ1) is 16.1. The van der Waals surface area contributed by atoms with E-state index in [1.165, 1.54) is 0 Å². The number of carbonyl (C=O) groups is 3. The standard InChI is InChI=1S/C22H20FN3O6S2/c1-2-32-22(29)15-11-17(13-6-4-3-5-7-13)33-21(15)26-19(27)12-25-20(28)14-8-9-16(23)18(10-14)34(24,30)31/h3-11H,2,12H2,1H3,(H,25,28)(H,26,27)(H2,24,30,31). The van der Waals surface area contributed by atoms with Crippen LogP contribution in [-0.4, -0.2) is 39.4 Å². The van der Waals surface area contributed by atoms with E-state index in [4.69, 9.17) is 9.88 Å². The van der Waals surface area contributed by atoms with Crippen molar-refractivity contribution in [3.8, 4) is 10.4 Å². The second-order valence-electron chi connectivity index (χ2n) is 6.86. The summed E-state index contributed by atoms with van der Waals surface area (Å²) in [5, 5.41) is 10.1. The number of hydrogen-bond acceptors (Lipinski definition) is 7. The lowest BCUT2D eigenvalue weighted by Crippen LogP contribution is -2.33. The predicted octanol–water partition coefficient (Wildman–Crippen LogP) is 2.75. The summed E-state index contributed by atoms with van der Waals surface area (Å²) in [5.41, 5.74) is 0.809. The number of sulfonamides is 1. The van der Waals surface area contributed by atoms with Crippen LogP contribution in [-0.2, 0) is 19.6 Å². The van der Waals surface area contributed by atoms with Gasteiger partial charge in [0.25, 0.3) is 5.91 Å². The maximum Gasteiger partial charge on any atom is 0.341 e. The first-order valence-electron chi connectivity index (χ1n) is 9.87. The summed E-state index contributed by atoms with van der Waals surface area (Å²) in [6.45, 7) is 1.31. The van der Waals surface area contributed by atoms with Crippen LogP contribution in [0.15, 0.2) is 59.5 Å². The Morgan fingerprint density at radius 3 is 2.44 bits per heavy atom. The fourth-order valence-corrected chi connectivity index (χ4v) is 4.58. The second kappa shape index (κ2) is 10.5. The SMILES string of the molecule is CCOC(=O)c1cc(-c2ccccc2)sc1NC(=O)CNC(=O)c1ccc(F)c(S(N)(=O)=O)c1. The van der Waals surface area contributed by atoms with E-state index in [1.54, 1.807) is 13.0 Å². The molecule has 178 valence electrons. The molecule has 3 rings (SSSR count). The van der Waals surface area contributed by atoms with Crippen molar-refractivity contribution in [1.82, 2.24) is 5.32 Å². The third-order valence-electron chi connectivity index (χ3n) is 4.45. The predicted molar refractivity (Wildman–Crippen MR) is 124 cm³/mol. The van der Waals surface area contributed by atoms with Gasteiger partial charge in [0.1, 0.15) is 15.7 Å². The number of esters is 1. The zero-order chi connectivity index (χ0) is 24.9. The lowest BCUT2D eigenvalue weighted by molar-refractivity contribution is -0.115. The molecular formula is C22H20FN3O6S2. The number of rotatable bonds is 8. The largest absolute Gasteiger partial charge is 0.462 e. The minimum atomic E-state index is -4.38. The van der Waals surface area contributed by atoms with Gasteiger partial charge in [-0.25, -0.2) is 22.7 Å². The van der Waals surface area contributed by atoms with Crippen LogP contribution in [0.5, 0.6) is 0 Å². The molecule has 0 aliphatic heterocycles. The summed E-state index contributed by atoms with van der Waals surface area (Å²) in [6, 6.07) is 13.5. The molecule has 0 unspecified atom stereocenters. The number of amides is 2. The van der Waals surface area contributed by atoms with Gasteiger partial charge in [0.2, 0.25) is 15.9 Å². The molecule has 0 fully saturated rings. The Labute approximate surface area is 198 Å². The van der Waals surface area contributed by atoms with E-state index < -0.39 is 45.1 Å². The Morgan fingerprint density at radius 2 is 1.79 bits per heavy atom. The average Bonchev–Trinajstić information content (AvgIpc) is 3.21. The van der Waals surface area contributed by atoms with Gasteiger partial charge in [-0.05, 0) is 36.8 Å². The topological polar surface area (TPSA) is 145 Å². The van der Waals surface area contributed by atoms with Crippen LogP contribution in [0.25, 0.3) is 10.4 Å². The monoisotopic (exact) mass is 505 g/mol. The van der Waals surface area contributed by atoms with Crippen LogP contribution in [0.1, 0.15) is 27.6 Å². The summed E-state index contributed by atoms with van der Waals surface area (Å²) >= 11 is 1.16. The molecule has 0 saturated heterocycles. The van der Waals surface area contributed by atoms with Gasteiger partial charge in [-0.3, -0.25) is 9.59 Å². The number of nitrogens with two attached hydrogens (primary N) is 1. The Kier molecular flexibility index (Phi) is 7.76. The van der Waals surface area contributed by atoms with Crippen LogP contribution in [0, 0.1) is 5.82 Å². The third-order valence-corrected chi connectivity index (χ3v) is 6.47. The first kappa shape index (κ1) is 25.0. The third kappa shape index (κ3) is 6.04. The van der Waals surface area contributed by atoms with Gasteiger partial charge in [-0.1, -0.05) is 30.3 Å². The van der Waals surface area contributed by atoms with Crippen LogP contribution >= 0.6 is 11.3 Å². The molecule has 1 aromatic heterocycles. The molecule has 0 radical (unpaired) electrons. The number of primary sulfonamides is 1. The van der Waals surface area contributed by atoms with Crippen LogP contribution < -0.4 is 15.8 Å². The molecule has 12 heteroatoms. The van der Waals surface area contributed by atoms with E-state index in [1.807, 2.05) is 30.3 Å². The average molecular weight is 506 g/mol. The quantitative estimate of drug-likeness (QED) is 0.402. The molecule has 0 aliphatic rings. The molecule has 0 aliphatic carbocycles. The van der Waals surface area contributed by atoms with Crippen molar-refractivity contribution in [3.63, 3.8) is 0 Å². The summed E-state index contributed by atoms with van der Waals surface area (Å²) in [6.07, 6.45) is 0. The van der Waals surface area contributed by atoms with Crippen molar-refractivity contribution in [3.05, 3.63) is 71.5 Å². The van der Waals surface area contributed by atoms with E-state index in [2.05, 4.69) is 10.6 Å². The van der Waals surface area contributed by atoms with E-state index in [0.717, 1.165) is 40.0 Å². The number of thiophene rings is 1. The summed E-state index contributed by atoms with van der Waals surface area (Å²) in [5.74, 6) is -3.17. The normalized spacial score (nSPS) is 11.0. The van der Waals surface area contributed by atoms with Crippen molar-refractivity contribution in [2.24, 2.45) is 5.14 Å². The molecule has 2 amide bonds. The summed E-state index contributed by atoms with van der Waals surface area (Å²) in [7, 11) is -4.38. The zero-order valence-electron chi connectivity index (χ0n) is 17.8. The summed E-state index contributed by atoms with van der Waals surface area (Å²) < 4.78 is 41.6. The molecule has 0 atom stereocenters. The van der Waals surface area contributed by atoms with E-state index in [0.29, 0.717) is 0 Å². The van der Waals surface area contributed by atoms with Crippen LogP contribution in [0.2, 0.25) is 0 Å². The molecule has 34 heavy (non-hydrogen) atoms. The fourth-order valence-electron chi connectivity index (χ4n) is 2.89. The highest BCUT2D eigenvalue weighted by atomic mass is 32.2. The first-order valence-corrected chi connectivity index (χ1v) is 12.2. The van der Waals surface area contributed by atoms with E-state index in [9.17, 15) is 27.2 Å². The lowest BCUT2D eigenvalue weighted by Gasteiger charge is -2.08. The van der Waals surface area contributed by atoms with Crippen molar-refractivity contribution in [1.29, 1.82) is 0 Å². The van der Waals surface area contributed by atoms with Gasteiger partial charge >= 0.3 is 5.97 Å². The van der Waals surface area contributed by atoms with E-state index in [-0.39, 0.29) is 22.7 Å².